The molecule has 0 amide bonds. The maximum absolute atomic E-state index is 12.2. The van der Waals surface area contributed by atoms with E-state index in [1.54, 1.807) is 11.8 Å². The van der Waals surface area contributed by atoms with Crippen molar-refractivity contribution in [2.24, 2.45) is 0 Å². The molecular formula is C11H16ClN3O2S2. The summed E-state index contributed by atoms with van der Waals surface area (Å²) in [5.74, 6) is 0. The highest BCUT2D eigenvalue weighted by Gasteiger charge is 2.29. The minimum absolute atomic E-state index is 0.0237. The summed E-state index contributed by atoms with van der Waals surface area (Å²) in [4.78, 5) is 7.47. The molecule has 1 aliphatic carbocycles. The van der Waals surface area contributed by atoms with Gasteiger partial charge in [-0.05, 0) is 30.7 Å². The fourth-order valence-electron chi connectivity index (χ4n) is 2.22. The van der Waals surface area contributed by atoms with E-state index in [9.17, 15) is 8.42 Å². The Balaban J connectivity index is 2.14. The lowest BCUT2D eigenvalue weighted by Gasteiger charge is -2.30. The second kappa shape index (κ2) is 6.39. The van der Waals surface area contributed by atoms with Gasteiger partial charge in [-0.25, -0.2) is 23.1 Å². The van der Waals surface area contributed by atoms with E-state index in [1.807, 2.05) is 6.26 Å². The Morgan fingerprint density at radius 3 is 2.58 bits per heavy atom. The molecule has 0 saturated heterocycles. The smallest absolute Gasteiger partial charge is 0.225 e. The number of sulfonamides is 1. The van der Waals surface area contributed by atoms with Crippen LogP contribution in [-0.2, 0) is 10.0 Å². The summed E-state index contributed by atoms with van der Waals surface area (Å²) in [5, 5.41) is 0.371. The minimum atomic E-state index is -3.57. The maximum atomic E-state index is 12.2. The average molecular weight is 322 g/mol. The van der Waals surface area contributed by atoms with Crippen molar-refractivity contribution in [2.75, 3.05) is 6.26 Å². The molecule has 1 heterocycles. The lowest BCUT2D eigenvalue weighted by Crippen LogP contribution is -2.43. The zero-order chi connectivity index (χ0) is 13.9. The Bertz CT molecular complexity index is 521. The van der Waals surface area contributed by atoms with Crippen LogP contribution in [0, 0.1) is 0 Å². The molecule has 0 bridgehead atoms. The third-order valence-electron chi connectivity index (χ3n) is 3.22. The fraction of sp³-hybridized carbons (Fsp3) is 0.636. The second-order valence-corrected chi connectivity index (χ2v) is 7.60. The monoisotopic (exact) mass is 321 g/mol. The molecule has 5 nitrogen and oxygen atoms in total. The van der Waals surface area contributed by atoms with Gasteiger partial charge in [-0.2, -0.15) is 11.8 Å². The molecule has 1 fully saturated rings. The van der Waals surface area contributed by atoms with Crippen molar-refractivity contribution in [3.8, 4) is 0 Å². The minimum Gasteiger partial charge on any atom is -0.225 e. The summed E-state index contributed by atoms with van der Waals surface area (Å²) in [5.41, 5.74) is 0. The van der Waals surface area contributed by atoms with E-state index in [0.29, 0.717) is 5.25 Å². The highest BCUT2D eigenvalue weighted by atomic mass is 35.5. The first-order valence-electron chi connectivity index (χ1n) is 6.05. The summed E-state index contributed by atoms with van der Waals surface area (Å²) in [7, 11) is -3.57. The van der Waals surface area contributed by atoms with Crippen molar-refractivity contribution >= 4 is 33.4 Å². The van der Waals surface area contributed by atoms with Crippen LogP contribution >= 0.6 is 23.4 Å². The molecule has 8 heteroatoms. The van der Waals surface area contributed by atoms with E-state index < -0.39 is 10.0 Å². The molecule has 0 aliphatic heterocycles. The Kier molecular flexibility index (Phi) is 5.05. The molecule has 0 spiro atoms. The van der Waals surface area contributed by atoms with Crippen molar-refractivity contribution in [3.05, 3.63) is 17.7 Å². The molecule has 0 aromatic carbocycles. The van der Waals surface area contributed by atoms with Crippen LogP contribution in [0.1, 0.15) is 25.7 Å². The SMILES string of the molecule is CSC1CCCCC1NS(=O)(=O)c1cnc(Cl)nc1. The molecule has 1 saturated carbocycles. The van der Waals surface area contributed by atoms with E-state index in [0.717, 1.165) is 25.7 Å². The van der Waals surface area contributed by atoms with Crippen molar-refractivity contribution in [1.29, 1.82) is 0 Å². The van der Waals surface area contributed by atoms with Crippen LogP contribution in [0.2, 0.25) is 5.28 Å². The summed E-state index contributed by atoms with van der Waals surface area (Å²) < 4.78 is 27.2. The zero-order valence-electron chi connectivity index (χ0n) is 10.5. The lowest BCUT2D eigenvalue weighted by atomic mass is 9.96. The lowest BCUT2D eigenvalue weighted by molar-refractivity contribution is 0.423. The van der Waals surface area contributed by atoms with Gasteiger partial charge in [0.1, 0.15) is 4.90 Å². The highest BCUT2D eigenvalue weighted by molar-refractivity contribution is 7.99. The van der Waals surface area contributed by atoms with Crippen LogP contribution in [-0.4, -0.2) is 35.9 Å². The summed E-state index contributed by atoms with van der Waals surface area (Å²) in [6.07, 6.45) is 8.62. The molecule has 1 N–H and O–H groups in total. The van der Waals surface area contributed by atoms with Gasteiger partial charge in [-0.3, -0.25) is 0 Å². The van der Waals surface area contributed by atoms with E-state index >= 15 is 0 Å². The van der Waals surface area contributed by atoms with Gasteiger partial charge in [0.2, 0.25) is 15.3 Å². The molecular weight excluding hydrogens is 306 g/mol. The van der Waals surface area contributed by atoms with Crippen LogP contribution in [0.15, 0.2) is 17.3 Å². The van der Waals surface area contributed by atoms with E-state index in [4.69, 9.17) is 11.6 Å². The Labute approximate surface area is 122 Å². The van der Waals surface area contributed by atoms with E-state index in [2.05, 4.69) is 14.7 Å². The summed E-state index contributed by atoms with van der Waals surface area (Å²) in [6.45, 7) is 0. The molecule has 2 rings (SSSR count). The highest BCUT2D eigenvalue weighted by Crippen LogP contribution is 2.28. The number of nitrogens with one attached hydrogen (secondary N) is 1. The Morgan fingerprint density at radius 1 is 1.32 bits per heavy atom. The number of hydrogen-bond donors (Lipinski definition) is 1. The topological polar surface area (TPSA) is 72.0 Å². The average Bonchev–Trinajstić information content (AvgIpc) is 2.39. The van der Waals surface area contributed by atoms with Gasteiger partial charge in [-0.15, -0.1) is 0 Å². The van der Waals surface area contributed by atoms with Crippen LogP contribution in [0.25, 0.3) is 0 Å². The number of thioether (sulfide) groups is 1. The third kappa shape index (κ3) is 3.81. The van der Waals surface area contributed by atoms with Gasteiger partial charge >= 0.3 is 0 Å². The molecule has 1 aromatic heterocycles. The van der Waals surface area contributed by atoms with Crippen LogP contribution in [0.5, 0.6) is 0 Å². The summed E-state index contributed by atoms with van der Waals surface area (Å²) >= 11 is 7.27. The first kappa shape index (κ1) is 15.0. The molecule has 106 valence electrons. The maximum Gasteiger partial charge on any atom is 0.243 e. The molecule has 0 radical (unpaired) electrons. The van der Waals surface area contributed by atoms with Gasteiger partial charge in [0.25, 0.3) is 0 Å². The standard InChI is InChI=1S/C11H16ClN3O2S2/c1-18-10-5-3-2-4-9(10)15-19(16,17)8-6-13-11(12)14-7-8/h6-7,9-10,15H,2-5H2,1H3. The predicted octanol–water partition coefficient (Wildman–Crippen LogP) is 2.08. The number of nitrogens with zero attached hydrogens (tertiary/aromatic N) is 2. The molecule has 1 aliphatic rings. The quantitative estimate of drug-likeness (QED) is 0.860. The van der Waals surface area contributed by atoms with Gasteiger partial charge in [0.15, 0.2) is 0 Å². The van der Waals surface area contributed by atoms with Crippen molar-refractivity contribution in [1.82, 2.24) is 14.7 Å². The van der Waals surface area contributed by atoms with Crippen molar-refractivity contribution in [2.45, 2.75) is 41.9 Å². The second-order valence-electron chi connectivity index (χ2n) is 4.47. The Hall–Kier alpha value is -0.370. The number of halogens is 1. The first-order valence-corrected chi connectivity index (χ1v) is 9.20. The molecule has 2 unspecified atom stereocenters. The molecule has 1 aromatic rings. The fourth-order valence-corrected chi connectivity index (χ4v) is 4.54. The van der Waals surface area contributed by atoms with Gasteiger partial charge in [0.05, 0.1) is 12.4 Å². The van der Waals surface area contributed by atoms with Crippen molar-refractivity contribution in [3.63, 3.8) is 0 Å². The number of rotatable bonds is 4. The van der Waals surface area contributed by atoms with Crippen molar-refractivity contribution < 1.29 is 8.42 Å². The third-order valence-corrected chi connectivity index (χ3v) is 6.03. The van der Waals surface area contributed by atoms with Gasteiger partial charge in [-0.1, -0.05) is 12.8 Å². The van der Waals surface area contributed by atoms with E-state index in [1.165, 1.54) is 12.4 Å². The zero-order valence-corrected chi connectivity index (χ0v) is 12.9. The van der Waals surface area contributed by atoms with Crippen LogP contribution in [0.4, 0.5) is 0 Å². The van der Waals surface area contributed by atoms with Crippen LogP contribution in [0.3, 0.4) is 0 Å². The Morgan fingerprint density at radius 2 is 1.95 bits per heavy atom. The molecule has 2 atom stereocenters. The molecule has 19 heavy (non-hydrogen) atoms. The number of hydrogen-bond acceptors (Lipinski definition) is 5. The summed E-state index contributed by atoms with van der Waals surface area (Å²) in [6, 6.07) is -0.0237. The number of aromatic nitrogens is 2. The van der Waals surface area contributed by atoms with Gasteiger partial charge < -0.3 is 0 Å². The first-order chi connectivity index (χ1) is 9.03. The normalized spacial score (nSPS) is 24.3. The van der Waals surface area contributed by atoms with E-state index in [-0.39, 0.29) is 16.2 Å². The predicted molar refractivity (Wildman–Crippen MR) is 76.9 cm³/mol. The van der Waals surface area contributed by atoms with Crippen LogP contribution < -0.4 is 4.72 Å². The van der Waals surface area contributed by atoms with Gasteiger partial charge in [0, 0.05) is 11.3 Å². The largest absolute Gasteiger partial charge is 0.243 e.